The Bertz CT molecular complexity index is 903. The van der Waals surface area contributed by atoms with E-state index in [2.05, 4.69) is 25.6 Å². The lowest BCUT2D eigenvalue weighted by atomic mass is 9.90. The van der Waals surface area contributed by atoms with E-state index >= 15 is 0 Å². The molecule has 0 aliphatic heterocycles. The fourth-order valence-electron chi connectivity index (χ4n) is 3.62. The summed E-state index contributed by atoms with van der Waals surface area (Å²) < 4.78 is 0. The van der Waals surface area contributed by atoms with Crippen molar-refractivity contribution in [2.24, 2.45) is 0 Å². The van der Waals surface area contributed by atoms with Crippen LogP contribution in [-0.4, -0.2) is 43.1 Å². The molecule has 4 rings (SSSR count). The first-order chi connectivity index (χ1) is 13.3. The molecule has 1 amide bonds. The maximum atomic E-state index is 11.7. The van der Waals surface area contributed by atoms with Crippen LogP contribution in [0.1, 0.15) is 39.0 Å². The molecule has 0 spiro atoms. The highest BCUT2D eigenvalue weighted by Crippen LogP contribution is 2.27. The molecule has 1 N–H and O–H groups in total. The summed E-state index contributed by atoms with van der Waals surface area (Å²) in [4.78, 5) is 22.4. The van der Waals surface area contributed by atoms with Crippen LogP contribution in [0.3, 0.4) is 0 Å². The Morgan fingerprint density at radius 1 is 1.15 bits per heavy atom. The van der Waals surface area contributed by atoms with Gasteiger partial charge in [0.25, 0.3) is 0 Å². The number of fused-ring (bicyclic) bond motifs is 1. The van der Waals surface area contributed by atoms with E-state index < -0.39 is 0 Å². The van der Waals surface area contributed by atoms with Crippen molar-refractivity contribution < 1.29 is 4.79 Å². The molecule has 3 aromatic rings. The summed E-state index contributed by atoms with van der Waals surface area (Å²) in [6, 6.07) is 10.1. The van der Waals surface area contributed by atoms with E-state index in [1.807, 2.05) is 36.2 Å². The van der Waals surface area contributed by atoms with E-state index in [-0.39, 0.29) is 18.0 Å². The van der Waals surface area contributed by atoms with Crippen LogP contribution in [0.4, 0.5) is 5.95 Å². The molecule has 8 heteroatoms. The van der Waals surface area contributed by atoms with Crippen molar-refractivity contribution >= 4 is 22.9 Å². The summed E-state index contributed by atoms with van der Waals surface area (Å²) in [6.45, 7) is 1.88. The van der Waals surface area contributed by atoms with Crippen LogP contribution < -0.4 is 10.3 Å². The predicted octanol–water partition coefficient (Wildman–Crippen LogP) is 2.33. The van der Waals surface area contributed by atoms with Crippen molar-refractivity contribution in [1.29, 1.82) is 0 Å². The van der Waals surface area contributed by atoms with Crippen molar-refractivity contribution in [3.05, 3.63) is 42.7 Å². The number of amides is 1. The summed E-state index contributed by atoms with van der Waals surface area (Å²) in [5.74, 6) is 0.721. The molecule has 0 saturated heterocycles. The normalized spacial score (nSPS) is 19.7. The number of nitrogens with zero attached hydrogens (tertiary/aromatic N) is 6. The Morgan fingerprint density at radius 2 is 1.89 bits per heavy atom. The Morgan fingerprint density at radius 3 is 2.63 bits per heavy atom. The van der Waals surface area contributed by atoms with Crippen molar-refractivity contribution in [3.63, 3.8) is 0 Å². The van der Waals surface area contributed by atoms with Crippen LogP contribution in [0, 0.1) is 0 Å². The zero-order chi connectivity index (χ0) is 18.6. The first-order valence-corrected chi connectivity index (χ1v) is 9.42. The van der Waals surface area contributed by atoms with E-state index in [0.717, 1.165) is 36.7 Å². The number of aromatic nitrogens is 5. The van der Waals surface area contributed by atoms with E-state index in [0.29, 0.717) is 12.4 Å². The van der Waals surface area contributed by atoms with Crippen LogP contribution in [0.5, 0.6) is 0 Å². The standard InChI is InChI=1S/C19H23N7O/c1-2-18(27)22-14-8-10-15(11-9-14)25(19-20-12-5-13-21-19)26-17-7-4-3-6-16(17)23-24-26/h3-7,12-15H,2,8-11H2,1H3,(H,22,27). The molecule has 8 nitrogen and oxygen atoms in total. The number of hydrogen-bond acceptors (Lipinski definition) is 6. The number of para-hydroxylation sites is 1. The molecule has 2 heterocycles. The van der Waals surface area contributed by atoms with Gasteiger partial charge in [-0.15, -0.1) is 9.89 Å². The molecule has 2 aromatic heterocycles. The molecule has 140 valence electrons. The smallest absolute Gasteiger partial charge is 0.246 e. The monoisotopic (exact) mass is 365 g/mol. The third-order valence-electron chi connectivity index (χ3n) is 5.02. The number of benzene rings is 1. The Balaban J connectivity index is 1.62. The van der Waals surface area contributed by atoms with Gasteiger partial charge in [0, 0.05) is 24.9 Å². The Kier molecular flexibility index (Phi) is 4.95. The number of rotatable bonds is 5. The fourth-order valence-corrected chi connectivity index (χ4v) is 3.62. The molecule has 1 aliphatic carbocycles. The molecule has 1 saturated carbocycles. The summed E-state index contributed by atoms with van der Waals surface area (Å²) in [5.41, 5.74) is 1.76. The average Bonchev–Trinajstić information content (AvgIpc) is 3.14. The molecule has 0 atom stereocenters. The highest BCUT2D eigenvalue weighted by Gasteiger charge is 2.30. The van der Waals surface area contributed by atoms with Crippen LogP contribution >= 0.6 is 0 Å². The van der Waals surface area contributed by atoms with Gasteiger partial charge in [-0.25, -0.2) is 15.0 Å². The lowest BCUT2D eigenvalue weighted by Gasteiger charge is -2.36. The molecule has 1 aliphatic rings. The third-order valence-corrected chi connectivity index (χ3v) is 5.02. The molecule has 0 radical (unpaired) electrons. The second-order valence-electron chi connectivity index (χ2n) is 6.79. The first-order valence-electron chi connectivity index (χ1n) is 9.42. The minimum Gasteiger partial charge on any atom is -0.353 e. The van der Waals surface area contributed by atoms with Crippen molar-refractivity contribution in [2.45, 2.75) is 51.1 Å². The van der Waals surface area contributed by atoms with Crippen LogP contribution in [0.2, 0.25) is 0 Å². The van der Waals surface area contributed by atoms with Gasteiger partial charge in [0.15, 0.2) is 0 Å². The maximum absolute atomic E-state index is 11.7. The number of nitrogens with one attached hydrogen (secondary N) is 1. The van der Waals surface area contributed by atoms with E-state index in [1.54, 1.807) is 23.3 Å². The van der Waals surface area contributed by atoms with E-state index in [4.69, 9.17) is 0 Å². The van der Waals surface area contributed by atoms with Gasteiger partial charge in [-0.2, -0.15) is 0 Å². The van der Waals surface area contributed by atoms with Gasteiger partial charge in [0.1, 0.15) is 11.0 Å². The van der Waals surface area contributed by atoms with Gasteiger partial charge in [-0.1, -0.05) is 19.1 Å². The molecule has 27 heavy (non-hydrogen) atoms. The lowest BCUT2D eigenvalue weighted by Crippen LogP contribution is -2.47. The number of carbonyl (C=O) groups is 1. The minimum atomic E-state index is 0.115. The second-order valence-corrected chi connectivity index (χ2v) is 6.79. The Labute approximate surface area is 157 Å². The molecular formula is C19H23N7O. The lowest BCUT2D eigenvalue weighted by molar-refractivity contribution is -0.121. The molecule has 0 bridgehead atoms. The van der Waals surface area contributed by atoms with Crippen molar-refractivity contribution in [1.82, 2.24) is 30.4 Å². The van der Waals surface area contributed by atoms with Gasteiger partial charge in [0.05, 0.1) is 6.04 Å². The minimum absolute atomic E-state index is 0.115. The van der Waals surface area contributed by atoms with Crippen LogP contribution in [0.15, 0.2) is 42.7 Å². The topological polar surface area (TPSA) is 88.8 Å². The Hall–Kier alpha value is -3.03. The second kappa shape index (κ2) is 7.69. The predicted molar refractivity (Wildman–Crippen MR) is 102 cm³/mol. The highest BCUT2D eigenvalue weighted by molar-refractivity contribution is 5.76. The number of carbonyl (C=O) groups excluding carboxylic acids is 1. The van der Waals surface area contributed by atoms with Crippen molar-refractivity contribution in [3.8, 4) is 0 Å². The summed E-state index contributed by atoms with van der Waals surface area (Å²) in [7, 11) is 0. The van der Waals surface area contributed by atoms with Crippen LogP contribution in [-0.2, 0) is 4.79 Å². The summed E-state index contributed by atoms with van der Waals surface area (Å²) in [5, 5.41) is 13.8. The molecular weight excluding hydrogens is 342 g/mol. The first kappa shape index (κ1) is 17.4. The molecule has 0 unspecified atom stereocenters. The van der Waals surface area contributed by atoms with Gasteiger partial charge in [0.2, 0.25) is 11.9 Å². The summed E-state index contributed by atoms with van der Waals surface area (Å²) in [6.07, 6.45) is 7.68. The third kappa shape index (κ3) is 3.60. The number of anilines is 1. The van der Waals surface area contributed by atoms with E-state index in [9.17, 15) is 4.79 Å². The largest absolute Gasteiger partial charge is 0.353 e. The maximum Gasteiger partial charge on any atom is 0.246 e. The van der Waals surface area contributed by atoms with Crippen molar-refractivity contribution in [2.75, 3.05) is 5.01 Å². The van der Waals surface area contributed by atoms with Gasteiger partial charge < -0.3 is 5.32 Å². The zero-order valence-corrected chi connectivity index (χ0v) is 15.3. The highest BCUT2D eigenvalue weighted by atomic mass is 16.1. The van der Waals surface area contributed by atoms with E-state index in [1.165, 1.54) is 0 Å². The van der Waals surface area contributed by atoms with Gasteiger partial charge in [-0.3, -0.25) is 4.79 Å². The molecule has 1 fully saturated rings. The molecule has 1 aromatic carbocycles. The zero-order valence-electron chi connectivity index (χ0n) is 15.3. The SMILES string of the molecule is CCC(=O)NC1CCC(N(c2ncccn2)n2nnc3ccccc32)CC1. The quantitative estimate of drug-likeness (QED) is 0.746. The fraction of sp³-hybridized carbons (Fsp3) is 0.421. The number of hydrogen-bond donors (Lipinski definition) is 1. The average molecular weight is 365 g/mol. The van der Waals surface area contributed by atoms with Gasteiger partial charge in [-0.05, 0) is 49.1 Å². The summed E-state index contributed by atoms with van der Waals surface area (Å²) >= 11 is 0. The van der Waals surface area contributed by atoms with Crippen LogP contribution in [0.25, 0.3) is 11.0 Å². The van der Waals surface area contributed by atoms with Gasteiger partial charge >= 0.3 is 0 Å².